The molecule has 0 bridgehead atoms. The summed E-state index contributed by atoms with van der Waals surface area (Å²) in [6.45, 7) is 6.09. The molecule has 0 aliphatic rings. The summed E-state index contributed by atoms with van der Waals surface area (Å²) in [5.41, 5.74) is 0. The molecule has 0 aromatic rings. The Morgan fingerprint density at radius 2 is 1.80 bits per heavy atom. The van der Waals surface area contributed by atoms with Gasteiger partial charge in [0.15, 0.2) is 0 Å². The van der Waals surface area contributed by atoms with Crippen LogP contribution in [0.25, 0.3) is 0 Å². The van der Waals surface area contributed by atoms with Gasteiger partial charge in [0, 0.05) is 5.88 Å². The number of hydrogen-bond donors (Lipinski definition) is 1. The molecule has 62 valence electrons. The zero-order valence-electron chi connectivity index (χ0n) is 6.97. The van der Waals surface area contributed by atoms with Gasteiger partial charge in [-0.2, -0.15) is 0 Å². The number of rotatable bonds is 4. The third kappa shape index (κ3) is 4.13. The van der Waals surface area contributed by atoms with E-state index in [-0.39, 0.29) is 6.10 Å². The Morgan fingerprint density at radius 1 is 1.30 bits per heavy atom. The van der Waals surface area contributed by atoms with Crippen molar-refractivity contribution < 1.29 is 5.11 Å². The molecule has 0 heterocycles. The van der Waals surface area contributed by atoms with Gasteiger partial charge >= 0.3 is 0 Å². The first kappa shape index (κ1) is 10.2. The molecule has 1 N–H and O–H groups in total. The largest absolute Gasteiger partial charge is 0.393 e. The first-order chi connectivity index (χ1) is 4.57. The normalized spacial score (nSPS) is 17.4. The summed E-state index contributed by atoms with van der Waals surface area (Å²) >= 11 is 5.59. The Kier molecular flexibility index (Phi) is 5.10. The third-order valence-electron chi connectivity index (χ3n) is 1.68. The van der Waals surface area contributed by atoms with Crippen LogP contribution in [0.15, 0.2) is 0 Å². The summed E-state index contributed by atoms with van der Waals surface area (Å²) in [6.07, 6.45) is 0.634. The fourth-order valence-electron chi connectivity index (χ4n) is 0.747. The van der Waals surface area contributed by atoms with E-state index in [1.807, 2.05) is 13.8 Å². The lowest BCUT2D eigenvalue weighted by Gasteiger charge is -2.17. The average Bonchev–Trinajstić information content (AvgIpc) is 1.87. The molecule has 0 rings (SSSR count). The van der Waals surface area contributed by atoms with Crippen molar-refractivity contribution in [1.29, 1.82) is 0 Å². The van der Waals surface area contributed by atoms with Gasteiger partial charge < -0.3 is 5.11 Å². The van der Waals surface area contributed by atoms with Crippen LogP contribution in [0.4, 0.5) is 0 Å². The minimum Gasteiger partial charge on any atom is -0.393 e. The summed E-state index contributed by atoms with van der Waals surface area (Å²) in [5.74, 6) is 1.42. The summed E-state index contributed by atoms with van der Waals surface area (Å²) in [6, 6.07) is 0. The monoisotopic (exact) mass is 164 g/mol. The first-order valence-corrected chi connectivity index (χ1v) is 4.35. The quantitative estimate of drug-likeness (QED) is 0.633. The van der Waals surface area contributed by atoms with Crippen molar-refractivity contribution in [1.82, 2.24) is 0 Å². The lowest BCUT2D eigenvalue weighted by atomic mass is 9.97. The van der Waals surface area contributed by atoms with E-state index in [1.165, 1.54) is 0 Å². The smallest absolute Gasteiger partial charge is 0.0566 e. The highest BCUT2D eigenvalue weighted by molar-refractivity contribution is 6.18. The van der Waals surface area contributed by atoms with Crippen LogP contribution in [0.5, 0.6) is 0 Å². The Labute approximate surface area is 68.4 Å². The van der Waals surface area contributed by atoms with Gasteiger partial charge in [-0.05, 0) is 18.3 Å². The van der Waals surface area contributed by atoms with Crippen LogP contribution in [-0.4, -0.2) is 17.1 Å². The van der Waals surface area contributed by atoms with Gasteiger partial charge in [0.1, 0.15) is 0 Å². The maximum absolute atomic E-state index is 9.37. The highest BCUT2D eigenvalue weighted by atomic mass is 35.5. The van der Waals surface area contributed by atoms with Crippen molar-refractivity contribution in [2.24, 2.45) is 11.8 Å². The Hall–Kier alpha value is 0.250. The van der Waals surface area contributed by atoms with E-state index < -0.39 is 0 Å². The van der Waals surface area contributed by atoms with Crippen LogP contribution in [0.2, 0.25) is 0 Å². The Bertz CT molecular complexity index is 83.3. The fraction of sp³-hybridized carbons (Fsp3) is 1.00. The number of aliphatic hydroxyl groups excluding tert-OH is 1. The van der Waals surface area contributed by atoms with Gasteiger partial charge in [-0.25, -0.2) is 0 Å². The molecule has 2 unspecified atom stereocenters. The molecule has 0 amide bonds. The van der Waals surface area contributed by atoms with Crippen LogP contribution < -0.4 is 0 Å². The molecule has 0 saturated heterocycles. The summed E-state index contributed by atoms with van der Waals surface area (Å²) < 4.78 is 0. The number of aliphatic hydroxyl groups is 1. The van der Waals surface area contributed by atoms with Gasteiger partial charge in [0.25, 0.3) is 0 Å². The van der Waals surface area contributed by atoms with Crippen LogP contribution in [0.3, 0.4) is 0 Å². The predicted molar refractivity (Wildman–Crippen MR) is 45.3 cm³/mol. The van der Waals surface area contributed by atoms with Crippen molar-refractivity contribution in [3.8, 4) is 0 Å². The molecule has 2 atom stereocenters. The third-order valence-corrected chi connectivity index (χ3v) is 2.20. The highest BCUT2D eigenvalue weighted by Crippen LogP contribution is 2.13. The standard InChI is InChI=1S/C8H17ClO/c1-6(2)8(10)4-7(3)5-9/h6-8,10H,4-5H2,1-3H3. The highest BCUT2D eigenvalue weighted by Gasteiger charge is 2.12. The Balaban J connectivity index is 3.46. The molecule has 0 aliphatic heterocycles. The molecular formula is C8H17ClO. The minimum atomic E-state index is -0.186. The molecule has 10 heavy (non-hydrogen) atoms. The average molecular weight is 165 g/mol. The zero-order chi connectivity index (χ0) is 8.15. The van der Waals surface area contributed by atoms with E-state index in [1.54, 1.807) is 0 Å². The Morgan fingerprint density at radius 3 is 2.10 bits per heavy atom. The molecule has 0 fully saturated rings. The second-order valence-corrected chi connectivity index (χ2v) is 3.62. The topological polar surface area (TPSA) is 20.2 Å². The molecule has 0 saturated carbocycles. The summed E-state index contributed by atoms with van der Waals surface area (Å²) in [5, 5.41) is 9.37. The van der Waals surface area contributed by atoms with Crippen LogP contribution in [-0.2, 0) is 0 Å². The molecule has 0 spiro atoms. The number of halogens is 1. The van der Waals surface area contributed by atoms with Crippen LogP contribution >= 0.6 is 11.6 Å². The van der Waals surface area contributed by atoms with E-state index in [0.717, 1.165) is 6.42 Å². The van der Waals surface area contributed by atoms with Gasteiger partial charge in [-0.3, -0.25) is 0 Å². The molecule has 0 aromatic carbocycles. The fourth-order valence-corrected chi connectivity index (χ4v) is 0.873. The molecule has 2 heteroatoms. The van der Waals surface area contributed by atoms with Crippen molar-refractivity contribution in [2.75, 3.05) is 5.88 Å². The van der Waals surface area contributed by atoms with Crippen molar-refractivity contribution >= 4 is 11.6 Å². The lowest BCUT2D eigenvalue weighted by Crippen LogP contribution is -2.18. The van der Waals surface area contributed by atoms with E-state index in [4.69, 9.17) is 11.6 Å². The van der Waals surface area contributed by atoms with Gasteiger partial charge in [0.2, 0.25) is 0 Å². The lowest BCUT2D eigenvalue weighted by molar-refractivity contribution is 0.103. The number of alkyl halides is 1. The predicted octanol–water partition coefficient (Wildman–Crippen LogP) is 2.27. The first-order valence-electron chi connectivity index (χ1n) is 3.82. The van der Waals surface area contributed by atoms with Gasteiger partial charge in [0.05, 0.1) is 6.10 Å². The number of hydrogen-bond acceptors (Lipinski definition) is 1. The molecule has 0 radical (unpaired) electrons. The van der Waals surface area contributed by atoms with E-state index in [0.29, 0.717) is 17.7 Å². The SMILES string of the molecule is CC(CCl)CC(O)C(C)C. The van der Waals surface area contributed by atoms with E-state index in [9.17, 15) is 5.11 Å². The van der Waals surface area contributed by atoms with E-state index in [2.05, 4.69) is 6.92 Å². The zero-order valence-corrected chi connectivity index (χ0v) is 7.73. The second-order valence-electron chi connectivity index (χ2n) is 3.31. The molecule has 0 aromatic heterocycles. The molecule has 1 nitrogen and oxygen atoms in total. The minimum absolute atomic E-state index is 0.186. The molecular weight excluding hydrogens is 148 g/mol. The second kappa shape index (κ2) is 4.97. The van der Waals surface area contributed by atoms with Gasteiger partial charge in [-0.15, -0.1) is 11.6 Å². The van der Waals surface area contributed by atoms with E-state index >= 15 is 0 Å². The maximum atomic E-state index is 9.37. The summed E-state index contributed by atoms with van der Waals surface area (Å²) in [4.78, 5) is 0. The van der Waals surface area contributed by atoms with Crippen LogP contribution in [0.1, 0.15) is 27.2 Å². The van der Waals surface area contributed by atoms with Crippen LogP contribution in [0, 0.1) is 11.8 Å². The maximum Gasteiger partial charge on any atom is 0.0566 e. The van der Waals surface area contributed by atoms with Gasteiger partial charge in [-0.1, -0.05) is 20.8 Å². The van der Waals surface area contributed by atoms with Crippen molar-refractivity contribution in [3.63, 3.8) is 0 Å². The summed E-state index contributed by atoms with van der Waals surface area (Å²) in [7, 11) is 0. The molecule has 0 aliphatic carbocycles. The van der Waals surface area contributed by atoms with Crippen molar-refractivity contribution in [3.05, 3.63) is 0 Å². The van der Waals surface area contributed by atoms with Crippen molar-refractivity contribution in [2.45, 2.75) is 33.3 Å².